The topological polar surface area (TPSA) is 72.9 Å². The van der Waals surface area contributed by atoms with Gasteiger partial charge in [0.25, 0.3) is 0 Å². The summed E-state index contributed by atoms with van der Waals surface area (Å²) in [4.78, 5) is 6.74. The van der Waals surface area contributed by atoms with Crippen molar-refractivity contribution in [1.82, 2.24) is 4.98 Å². The van der Waals surface area contributed by atoms with Gasteiger partial charge in [-0.15, -0.1) is 0 Å². The minimum Gasteiger partial charge on any atom is -0.457 e. The fourth-order valence-electron chi connectivity index (χ4n) is 6.71. The molecule has 0 N–H and O–H groups in total. The summed E-state index contributed by atoms with van der Waals surface area (Å²) in [5.74, 6) is 1.71. The van der Waals surface area contributed by atoms with Crippen LogP contribution in [0.15, 0.2) is 134 Å². The van der Waals surface area contributed by atoms with E-state index in [0.29, 0.717) is 16.8 Å². The Kier molecular flexibility index (Phi) is 5.41. The first kappa shape index (κ1) is 24.6. The van der Waals surface area contributed by atoms with Gasteiger partial charge in [0.1, 0.15) is 23.6 Å². The van der Waals surface area contributed by atoms with Crippen LogP contribution in [-0.2, 0) is 5.41 Å². The second-order valence-electron chi connectivity index (χ2n) is 10.6. The molecule has 1 aromatic heterocycles. The lowest BCUT2D eigenvalue weighted by Crippen LogP contribution is -2.39. The van der Waals surface area contributed by atoms with Crippen molar-refractivity contribution < 1.29 is 4.74 Å². The third kappa shape index (κ3) is 3.46. The molecule has 2 aliphatic heterocycles. The summed E-state index contributed by atoms with van der Waals surface area (Å²) in [7, 11) is 0. The molecule has 0 unspecified atom stereocenters. The molecule has 6 aromatic rings. The predicted octanol–water partition coefficient (Wildman–Crippen LogP) is 8.76. The van der Waals surface area contributed by atoms with Crippen molar-refractivity contribution in [3.05, 3.63) is 167 Å². The second kappa shape index (κ2) is 9.45. The molecular weight excluding hydrogens is 528 g/mol. The zero-order valence-corrected chi connectivity index (χ0v) is 22.9. The van der Waals surface area contributed by atoms with Crippen molar-refractivity contribution in [2.24, 2.45) is 0 Å². The lowest BCUT2D eigenvalue weighted by molar-refractivity contribution is 0.434. The Morgan fingerprint density at radius 1 is 0.605 bits per heavy atom. The maximum atomic E-state index is 9.72. The minimum atomic E-state index is -0.580. The maximum Gasteiger partial charge on any atom is 0.132 e. The summed E-state index contributed by atoms with van der Waals surface area (Å²) < 4.78 is 6.47. The molecular formula is C38H22N4O. The highest BCUT2D eigenvalue weighted by molar-refractivity contribution is 5.91. The number of ether oxygens (including phenoxy) is 1. The van der Waals surface area contributed by atoms with Crippen LogP contribution in [0.2, 0.25) is 0 Å². The van der Waals surface area contributed by atoms with E-state index in [9.17, 15) is 10.5 Å². The first-order valence-electron chi connectivity index (χ1n) is 14.0. The Morgan fingerprint density at radius 3 is 1.70 bits per heavy atom. The molecule has 0 saturated heterocycles. The van der Waals surface area contributed by atoms with Crippen LogP contribution >= 0.6 is 0 Å². The van der Waals surface area contributed by atoms with Gasteiger partial charge in [0, 0.05) is 28.6 Å². The van der Waals surface area contributed by atoms with Gasteiger partial charge >= 0.3 is 0 Å². The maximum absolute atomic E-state index is 9.72. The van der Waals surface area contributed by atoms with Crippen molar-refractivity contribution in [2.75, 3.05) is 4.90 Å². The van der Waals surface area contributed by atoms with Crippen LogP contribution in [0.3, 0.4) is 0 Å². The molecule has 43 heavy (non-hydrogen) atoms. The van der Waals surface area contributed by atoms with Crippen LogP contribution in [-0.4, -0.2) is 4.98 Å². The minimum absolute atomic E-state index is 0.364. The number of benzene rings is 5. The van der Waals surface area contributed by atoms with Gasteiger partial charge < -0.3 is 9.64 Å². The molecule has 200 valence electrons. The van der Waals surface area contributed by atoms with E-state index in [1.54, 1.807) is 6.07 Å². The molecule has 0 aliphatic carbocycles. The molecule has 8 rings (SSSR count). The van der Waals surface area contributed by atoms with Gasteiger partial charge in [-0.05, 0) is 53.6 Å². The van der Waals surface area contributed by atoms with E-state index in [0.717, 1.165) is 45.3 Å². The molecule has 3 heterocycles. The second-order valence-corrected chi connectivity index (χ2v) is 10.6. The Hall–Kier alpha value is -6.17. The highest BCUT2D eigenvalue weighted by Crippen LogP contribution is 2.62. The summed E-state index contributed by atoms with van der Waals surface area (Å²) in [5.41, 5.74) is 9.23. The van der Waals surface area contributed by atoms with Crippen LogP contribution in [0, 0.1) is 22.7 Å². The molecule has 5 aromatic carbocycles. The molecule has 2 aliphatic rings. The lowest BCUT2D eigenvalue weighted by atomic mass is 9.61. The van der Waals surface area contributed by atoms with Gasteiger partial charge in [-0.25, -0.2) is 0 Å². The monoisotopic (exact) mass is 550 g/mol. The van der Waals surface area contributed by atoms with Crippen molar-refractivity contribution in [3.63, 3.8) is 0 Å². The van der Waals surface area contributed by atoms with E-state index in [-0.39, 0.29) is 0 Å². The smallest absolute Gasteiger partial charge is 0.132 e. The quantitative estimate of drug-likeness (QED) is 0.215. The van der Waals surface area contributed by atoms with Gasteiger partial charge in [-0.2, -0.15) is 10.5 Å². The van der Waals surface area contributed by atoms with Crippen LogP contribution < -0.4 is 9.64 Å². The fourth-order valence-corrected chi connectivity index (χ4v) is 6.71. The summed E-state index contributed by atoms with van der Waals surface area (Å²) in [6, 6.07) is 47.8. The van der Waals surface area contributed by atoms with Gasteiger partial charge in [0.15, 0.2) is 0 Å². The van der Waals surface area contributed by atoms with E-state index in [1.807, 2.05) is 24.3 Å². The van der Waals surface area contributed by atoms with E-state index >= 15 is 0 Å². The van der Waals surface area contributed by atoms with Crippen LogP contribution in [0.5, 0.6) is 11.5 Å². The Balaban J connectivity index is 1.36. The number of hydrogen-bond acceptors (Lipinski definition) is 5. The first-order chi connectivity index (χ1) is 21.2. The zero-order chi connectivity index (χ0) is 29.0. The summed E-state index contributed by atoms with van der Waals surface area (Å²) in [6.45, 7) is 0. The number of nitriles is 2. The van der Waals surface area contributed by atoms with Crippen molar-refractivity contribution >= 4 is 17.1 Å². The number of anilines is 3. The van der Waals surface area contributed by atoms with Crippen molar-refractivity contribution in [2.45, 2.75) is 5.41 Å². The van der Waals surface area contributed by atoms with E-state index < -0.39 is 5.41 Å². The molecule has 0 radical (unpaired) electrons. The molecule has 1 spiro atoms. The van der Waals surface area contributed by atoms with E-state index in [2.05, 4.69) is 119 Å². The lowest BCUT2D eigenvalue weighted by Gasteiger charge is -2.48. The van der Waals surface area contributed by atoms with Crippen LogP contribution in [0.4, 0.5) is 17.1 Å². The largest absolute Gasteiger partial charge is 0.457 e. The molecule has 5 nitrogen and oxygen atoms in total. The Morgan fingerprint density at radius 2 is 1.14 bits per heavy atom. The van der Waals surface area contributed by atoms with Crippen LogP contribution in [0.25, 0.3) is 11.3 Å². The van der Waals surface area contributed by atoms with E-state index in [4.69, 9.17) is 4.74 Å². The number of aromatic nitrogens is 1. The SMILES string of the molecule is N#Cc1cnc(-c2ccc(N3c4ccccc4C4(c5ccccc5Oc5ccccc54)c4ccccc43)cc2)c(C#N)c1. The number of fused-ring (bicyclic) bond motifs is 8. The summed E-state index contributed by atoms with van der Waals surface area (Å²) in [6.07, 6.45) is 1.50. The Labute approximate surface area is 249 Å². The fraction of sp³-hybridized carbons (Fsp3) is 0.0263. The number of pyridine rings is 1. The van der Waals surface area contributed by atoms with Gasteiger partial charge in [0.05, 0.1) is 33.6 Å². The standard InChI is InChI=1S/C38H22N4O/c39-22-25-21-27(23-40)37(41-24-25)26-17-19-28(20-18-26)42-33-13-5-1-9-29(33)38(30-10-2-6-14-34(30)42)31-11-3-7-15-35(31)43-36-16-8-4-12-32(36)38/h1-21,24H. The van der Waals surface area contributed by atoms with Crippen molar-refractivity contribution in [3.8, 4) is 34.9 Å². The number of rotatable bonds is 2. The summed E-state index contributed by atoms with van der Waals surface area (Å²) in [5, 5.41) is 19.0. The summed E-state index contributed by atoms with van der Waals surface area (Å²) >= 11 is 0. The average Bonchev–Trinajstić information content (AvgIpc) is 3.08. The average molecular weight is 551 g/mol. The van der Waals surface area contributed by atoms with Gasteiger partial charge in [-0.1, -0.05) is 84.9 Å². The van der Waals surface area contributed by atoms with E-state index in [1.165, 1.54) is 17.3 Å². The normalized spacial score (nSPS) is 13.4. The molecule has 0 atom stereocenters. The molecule has 0 fully saturated rings. The number of para-hydroxylation sites is 4. The number of hydrogen-bond donors (Lipinski definition) is 0. The number of nitrogens with zero attached hydrogens (tertiary/aromatic N) is 4. The molecule has 5 heteroatoms. The molecule has 0 saturated carbocycles. The third-order valence-electron chi connectivity index (χ3n) is 8.44. The van der Waals surface area contributed by atoms with Crippen molar-refractivity contribution in [1.29, 1.82) is 10.5 Å². The van der Waals surface area contributed by atoms with Crippen LogP contribution in [0.1, 0.15) is 33.4 Å². The van der Waals surface area contributed by atoms with Gasteiger partial charge in [-0.3, -0.25) is 4.98 Å². The highest BCUT2D eigenvalue weighted by atomic mass is 16.5. The predicted molar refractivity (Wildman–Crippen MR) is 166 cm³/mol. The first-order valence-corrected chi connectivity index (χ1v) is 14.0. The zero-order valence-electron chi connectivity index (χ0n) is 22.9. The molecule has 0 amide bonds. The highest BCUT2D eigenvalue weighted by Gasteiger charge is 2.50. The third-order valence-corrected chi connectivity index (χ3v) is 8.44. The Bertz CT molecular complexity index is 2060. The van der Waals surface area contributed by atoms with Gasteiger partial charge in [0.2, 0.25) is 0 Å². The molecule has 0 bridgehead atoms.